The summed E-state index contributed by atoms with van der Waals surface area (Å²) in [5.41, 5.74) is 0.399. The zero-order chi connectivity index (χ0) is 18.1. The lowest BCUT2D eigenvalue weighted by atomic mass is 10.0. The van der Waals surface area contributed by atoms with E-state index in [9.17, 15) is 8.78 Å². The van der Waals surface area contributed by atoms with Crippen LogP contribution in [0.5, 0.6) is 5.75 Å². The van der Waals surface area contributed by atoms with Gasteiger partial charge in [0.15, 0.2) is 17.9 Å². The Bertz CT molecular complexity index is 514. The van der Waals surface area contributed by atoms with Gasteiger partial charge in [-0.1, -0.05) is 51.9 Å². The first-order valence-corrected chi connectivity index (χ1v) is 9.42. The standard InChI is InChI=1S/C20H30F2O3/c1-3-4-5-6-7-8-9-10-15-13-24-20(25-14-15)16-11-12-17(21)18(22)19(16)23-2/h11-12,15,20H,3-10,13-14H2,1-2H3. The summed E-state index contributed by atoms with van der Waals surface area (Å²) in [6.45, 7) is 3.37. The van der Waals surface area contributed by atoms with Gasteiger partial charge in [0.25, 0.3) is 0 Å². The van der Waals surface area contributed by atoms with Crippen molar-refractivity contribution < 1.29 is 23.0 Å². The fourth-order valence-electron chi connectivity index (χ4n) is 3.22. The summed E-state index contributed by atoms with van der Waals surface area (Å²) < 4.78 is 43.6. The summed E-state index contributed by atoms with van der Waals surface area (Å²) >= 11 is 0. The van der Waals surface area contributed by atoms with Gasteiger partial charge < -0.3 is 14.2 Å². The molecule has 3 nitrogen and oxygen atoms in total. The quantitative estimate of drug-likeness (QED) is 0.498. The molecular weight excluding hydrogens is 326 g/mol. The van der Waals surface area contributed by atoms with Crippen LogP contribution in [0.4, 0.5) is 8.78 Å². The topological polar surface area (TPSA) is 27.7 Å². The molecular formula is C20H30F2O3. The van der Waals surface area contributed by atoms with Crippen LogP contribution in [0.15, 0.2) is 12.1 Å². The first kappa shape index (κ1) is 20.1. The molecule has 1 aliphatic rings. The molecule has 0 aliphatic carbocycles. The van der Waals surface area contributed by atoms with E-state index in [2.05, 4.69) is 6.92 Å². The van der Waals surface area contributed by atoms with Gasteiger partial charge in [-0.05, 0) is 18.6 Å². The maximum atomic E-state index is 13.8. The minimum atomic E-state index is -1.00. The Morgan fingerprint density at radius 1 is 1.00 bits per heavy atom. The highest BCUT2D eigenvalue weighted by atomic mass is 19.2. The van der Waals surface area contributed by atoms with Gasteiger partial charge in [0.1, 0.15) is 0 Å². The third-order valence-corrected chi connectivity index (χ3v) is 4.72. The third-order valence-electron chi connectivity index (χ3n) is 4.72. The van der Waals surface area contributed by atoms with Gasteiger partial charge in [0.05, 0.1) is 25.9 Å². The minimum Gasteiger partial charge on any atom is -0.493 e. The van der Waals surface area contributed by atoms with Crippen LogP contribution >= 0.6 is 0 Å². The monoisotopic (exact) mass is 356 g/mol. The van der Waals surface area contributed by atoms with Crippen LogP contribution < -0.4 is 4.74 Å². The average Bonchev–Trinajstić information content (AvgIpc) is 2.63. The van der Waals surface area contributed by atoms with Crippen molar-refractivity contribution in [1.29, 1.82) is 0 Å². The van der Waals surface area contributed by atoms with Crippen molar-refractivity contribution in [2.75, 3.05) is 20.3 Å². The zero-order valence-electron chi connectivity index (χ0n) is 15.4. The molecule has 0 bridgehead atoms. The van der Waals surface area contributed by atoms with Gasteiger partial charge in [-0.2, -0.15) is 4.39 Å². The van der Waals surface area contributed by atoms with Crippen LogP contribution in [0.1, 0.15) is 70.1 Å². The summed E-state index contributed by atoms with van der Waals surface area (Å²) in [5.74, 6) is -1.72. The SMILES string of the molecule is CCCCCCCCCC1COC(c2ccc(F)c(F)c2OC)OC1. The molecule has 1 fully saturated rings. The van der Waals surface area contributed by atoms with Crippen LogP contribution in [0, 0.1) is 17.6 Å². The van der Waals surface area contributed by atoms with E-state index < -0.39 is 17.9 Å². The number of benzene rings is 1. The summed E-state index contributed by atoms with van der Waals surface area (Å²) in [7, 11) is 1.31. The first-order chi connectivity index (χ1) is 12.2. The van der Waals surface area contributed by atoms with E-state index in [4.69, 9.17) is 14.2 Å². The molecule has 0 N–H and O–H groups in total. The number of hydrogen-bond acceptors (Lipinski definition) is 3. The van der Waals surface area contributed by atoms with Gasteiger partial charge in [-0.3, -0.25) is 0 Å². The molecule has 0 radical (unpaired) electrons. The zero-order valence-corrected chi connectivity index (χ0v) is 15.4. The van der Waals surface area contributed by atoms with Crippen molar-refractivity contribution >= 4 is 0 Å². The number of ether oxygens (including phenoxy) is 3. The molecule has 142 valence electrons. The molecule has 0 atom stereocenters. The van der Waals surface area contributed by atoms with E-state index in [1.807, 2.05) is 0 Å². The average molecular weight is 356 g/mol. The Balaban J connectivity index is 1.72. The normalized spacial score (nSPS) is 20.6. The summed E-state index contributed by atoms with van der Waals surface area (Å²) in [5, 5.41) is 0. The smallest absolute Gasteiger partial charge is 0.201 e. The molecule has 1 saturated heterocycles. The van der Waals surface area contributed by atoms with Crippen LogP contribution in [-0.4, -0.2) is 20.3 Å². The Morgan fingerprint density at radius 2 is 1.64 bits per heavy atom. The molecule has 0 aromatic heterocycles. The number of unbranched alkanes of at least 4 members (excludes halogenated alkanes) is 6. The first-order valence-electron chi connectivity index (χ1n) is 9.42. The second kappa shape index (κ2) is 10.7. The number of hydrogen-bond donors (Lipinski definition) is 0. The van der Waals surface area contributed by atoms with Gasteiger partial charge in [0, 0.05) is 5.92 Å². The molecule has 0 unspecified atom stereocenters. The van der Waals surface area contributed by atoms with Crippen molar-refractivity contribution in [3.05, 3.63) is 29.3 Å². The van der Waals surface area contributed by atoms with E-state index in [1.54, 1.807) is 0 Å². The van der Waals surface area contributed by atoms with Crippen molar-refractivity contribution in [2.45, 2.75) is 64.6 Å². The highest BCUT2D eigenvalue weighted by Gasteiger charge is 2.28. The molecule has 1 heterocycles. The number of methoxy groups -OCH3 is 1. The van der Waals surface area contributed by atoms with Gasteiger partial charge >= 0.3 is 0 Å². The van der Waals surface area contributed by atoms with Crippen molar-refractivity contribution in [3.63, 3.8) is 0 Å². The minimum absolute atomic E-state index is 0.143. The summed E-state index contributed by atoms with van der Waals surface area (Å²) in [4.78, 5) is 0. The van der Waals surface area contributed by atoms with E-state index >= 15 is 0 Å². The van der Waals surface area contributed by atoms with E-state index in [0.717, 1.165) is 12.5 Å². The highest BCUT2D eigenvalue weighted by molar-refractivity contribution is 5.36. The number of halogens is 2. The molecule has 0 spiro atoms. The molecule has 2 rings (SSSR count). The molecule has 25 heavy (non-hydrogen) atoms. The maximum Gasteiger partial charge on any atom is 0.201 e. The van der Waals surface area contributed by atoms with Gasteiger partial charge in [0.2, 0.25) is 5.82 Å². The predicted molar refractivity (Wildman–Crippen MR) is 93.7 cm³/mol. The Labute approximate surface area is 149 Å². The maximum absolute atomic E-state index is 13.8. The van der Waals surface area contributed by atoms with Crippen molar-refractivity contribution in [2.24, 2.45) is 5.92 Å². The van der Waals surface area contributed by atoms with E-state index in [-0.39, 0.29) is 5.75 Å². The molecule has 1 aromatic rings. The lowest BCUT2D eigenvalue weighted by Gasteiger charge is -2.30. The van der Waals surface area contributed by atoms with E-state index in [1.165, 1.54) is 58.1 Å². The largest absolute Gasteiger partial charge is 0.493 e. The summed E-state index contributed by atoms with van der Waals surface area (Å²) in [6.07, 6.45) is 9.38. The fourth-order valence-corrected chi connectivity index (χ4v) is 3.22. The van der Waals surface area contributed by atoms with Crippen LogP contribution in [-0.2, 0) is 9.47 Å². The van der Waals surface area contributed by atoms with Crippen LogP contribution in [0.25, 0.3) is 0 Å². The highest BCUT2D eigenvalue weighted by Crippen LogP contribution is 2.35. The fraction of sp³-hybridized carbons (Fsp3) is 0.700. The molecule has 0 amide bonds. The lowest BCUT2D eigenvalue weighted by molar-refractivity contribution is -0.206. The Morgan fingerprint density at radius 3 is 2.28 bits per heavy atom. The number of rotatable bonds is 10. The second-order valence-corrected chi connectivity index (χ2v) is 6.76. The van der Waals surface area contributed by atoms with Crippen molar-refractivity contribution in [1.82, 2.24) is 0 Å². The molecule has 1 aliphatic heterocycles. The molecule has 5 heteroatoms. The Kier molecular flexibility index (Phi) is 8.62. The summed E-state index contributed by atoms with van der Waals surface area (Å²) in [6, 6.07) is 2.53. The Hall–Kier alpha value is -1.20. The molecule has 1 aromatic carbocycles. The second-order valence-electron chi connectivity index (χ2n) is 6.76. The van der Waals surface area contributed by atoms with Gasteiger partial charge in [-0.25, -0.2) is 4.39 Å². The van der Waals surface area contributed by atoms with Crippen molar-refractivity contribution in [3.8, 4) is 5.75 Å². The third kappa shape index (κ3) is 5.93. The van der Waals surface area contributed by atoms with Gasteiger partial charge in [-0.15, -0.1) is 0 Å². The van der Waals surface area contributed by atoms with Crippen LogP contribution in [0.2, 0.25) is 0 Å². The predicted octanol–water partition coefficient (Wildman–Crippen LogP) is 5.78. The lowest BCUT2D eigenvalue weighted by Crippen LogP contribution is -2.27. The van der Waals surface area contributed by atoms with Crippen LogP contribution in [0.3, 0.4) is 0 Å². The molecule has 0 saturated carbocycles. The van der Waals surface area contributed by atoms with E-state index in [0.29, 0.717) is 24.7 Å².